The third kappa shape index (κ3) is 3.41. The van der Waals surface area contributed by atoms with Gasteiger partial charge in [0.1, 0.15) is 11.6 Å². The Bertz CT molecular complexity index is 1110. The van der Waals surface area contributed by atoms with Gasteiger partial charge in [0.15, 0.2) is 0 Å². The largest absolute Gasteiger partial charge is 0.280 e. The number of hydrogen-bond acceptors (Lipinski definition) is 5. The Labute approximate surface area is 166 Å². The summed E-state index contributed by atoms with van der Waals surface area (Å²) in [7, 11) is 0. The summed E-state index contributed by atoms with van der Waals surface area (Å²) in [4.78, 5) is 42.4. The molecule has 0 aromatic heterocycles. The monoisotopic (exact) mass is 385 g/mol. The third-order valence-electron chi connectivity index (χ3n) is 4.62. The molecule has 0 aliphatic carbocycles. The number of hydrogen-bond donors (Lipinski definition) is 0. The molecule has 0 N–H and O–H groups in total. The van der Waals surface area contributed by atoms with E-state index in [9.17, 15) is 19.7 Å². The van der Waals surface area contributed by atoms with Crippen molar-refractivity contribution in [3.05, 3.63) is 101 Å². The van der Waals surface area contributed by atoms with Crippen LogP contribution in [0.3, 0.4) is 0 Å². The summed E-state index contributed by atoms with van der Waals surface area (Å²) in [5.74, 6) is -1.89. The van der Waals surface area contributed by atoms with Crippen LogP contribution in [0.1, 0.15) is 11.5 Å². The normalized spacial score (nSPS) is 17.7. The smallest absolute Gasteiger partial charge is 0.273 e. The topological polar surface area (TPSA) is 92.9 Å². The minimum Gasteiger partial charge on any atom is -0.273 e. The maximum atomic E-state index is 13.2. The zero-order valence-corrected chi connectivity index (χ0v) is 15.1. The minimum absolute atomic E-state index is 0.0823. The van der Waals surface area contributed by atoms with Gasteiger partial charge in [-0.3, -0.25) is 19.7 Å². The number of amides is 2. The molecule has 0 spiro atoms. The Hall–Kier alpha value is -4.13. The molecule has 3 aromatic rings. The molecule has 29 heavy (non-hydrogen) atoms. The number of rotatable bonds is 4. The molecule has 7 heteroatoms. The first-order chi connectivity index (χ1) is 14.1. The van der Waals surface area contributed by atoms with Crippen molar-refractivity contribution in [1.29, 1.82) is 0 Å². The Morgan fingerprint density at radius 2 is 1.41 bits per heavy atom. The van der Waals surface area contributed by atoms with Crippen molar-refractivity contribution in [1.82, 2.24) is 0 Å². The van der Waals surface area contributed by atoms with Gasteiger partial charge in [0.05, 0.1) is 16.3 Å². The van der Waals surface area contributed by atoms with Crippen LogP contribution in [-0.4, -0.2) is 22.4 Å². The summed E-state index contributed by atoms with van der Waals surface area (Å²) in [6.45, 7) is 0. The second-order valence-electron chi connectivity index (χ2n) is 6.43. The number of anilines is 1. The van der Waals surface area contributed by atoms with Gasteiger partial charge in [-0.15, -0.1) is 0 Å². The van der Waals surface area contributed by atoms with Crippen LogP contribution in [0.5, 0.6) is 0 Å². The molecular weight excluding hydrogens is 370 g/mol. The summed E-state index contributed by atoms with van der Waals surface area (Å²) in [5.41, 5.74) is 1.46. The van der Waals surface area contributed by atoms with Crippen LogP contribution in [0.15, 0.2) is 89.9 Å². The molecule has 4 rings (SSSR count). The van der Waals surface area contributed by atoms with E-state index in [-0.39, 0.29) is 11.4 Å². The zero-order chi connectivity index (χ0) is 20.4. The fourth-order valence-electron chi connectivity index (χ4n) is 3.25. The van der Waals surface area contributed by atoms with Crippen LogP contribution in [0.25, 0.3) is 0 Å². The van der Waals surface area contributed by atoms with Gasteiger partial charge < -0.3 is 0 Å². The molecule has 0 saturated carbocycles. The first kappa shape index (κ1) is 18.2. The average molecular weight is 385 g/mol. The molecular formula is C22H15N3O4. The maximum Gasteiger partial charge on any atom is 0.280 e. The van der Waals surface area contributed by atoms with E-state index in [4.69, 9.17) is 0 Å². The number of nitro benzene ring substituents is 1. The molecule has 142 valence electrons. The molecule has 2 amide bonds. The van der Waals surface area contributed by atoms with Gasteiger partial charge in [0.25, 0.3) is 11.6 Å². The van der Waals surface area contributed by atoms with E-state index >= 15 is 0 Å². The fourth-order valence-corrected chi connectivity index (χ4v) is 3.25. The van der Waals surface area contributed by atoms with Crippen LogP contribution >= 0.6 is 0 Å². The lowest BCUT2D eigenvalue weighted by Gasteiger charge is -2.14. The van der Waals surface area contributed by atoms with E-state index in [1.165, 1.54) is 24.3 Å². The van der Waals surface area contributed by atoms with Gasteiger partial charge in [-0.2, -0.15) is 0 Å². The maximum absolute atomic E-state index is 13.2. The molecule has 1 heterocycles. The summed E-state index contributed by atoms with van der Waals surface area (Å²) in [5, 5.41) is 10.9. The highest BCUT2D eigenvalue weighted by Gasteiger charge is 2.46. The van der Waals surface area contributed by atoms with Crippen LogP contribution in [0.4, 0.5) is 17.1 Å². The predicted molar refractivity (Wildman–Crippen MR) is 108 cm³/mol. The molecule has 1 aliphatic rings. The van der Waals surface area contributed by atoms with Crippen molar-refractivity contribution in [2.24, 2.45) is 4.99 Å². The SMILES string of the molecule is O=C1C(=Nc2ccccc2)C(c2ccc([N+](=O)[O-])cc2)C(=O)N1c1ccccc1. The Balaban J connectivity index is 1.83. The lowest BCUT2D eigenvalue weighted by molar-refractivity contribution is -0.384. The highest BCUT2D eigenvalue weighted by Crippen LogP contribution is 2.33. The third-order valence-corrected chi connectivity index (χ3v) is 4.62. The lowest BCUT2D eigenvalue weighted by Crippen LogP contribution is -2.30. The standard InChI is InChI=1S/C22H15N3O4/c26-21-19(15-11-13-18(14-12-15)25(28)29)20(23-16-7-3-1-4-8-16)22(27)24(21)17-9-5-2-6-10-17/h1-14,19H. The van der Waals surface area contributed by atoms with Gasteiger partial charge in [-0.05, 0) is 29.8 Å². The molecule has 7 nitrogen and oxygen atoms in total. The van der Waals surface area contributed by atoms with Crippen molar-refractivity contribution in [3.63, 3.8) is 0 Å². The van der Waals surface area contributed by atoms with Crippen molar-refractivity contribution in [2.45, 2.75) is 5.92 Å². The van der Waals surface area contributed by atoms with E-state index in [1.807, 2.05) is 6.07 Å². The first-order valence-corrected chi connectivity index (χ1v) is 8.87. The second-order valence-corrected chi connectivity index (χ2v) is 6.43. The van der Waals surface area contributed by atoms with E-state index in [0.717, 1.165) is 4.90 Å². The minimum atomic E-state index is -0.941. The quantitative estimate of drug-likeness (QED) is 0.385. The van der Waals surface area contributed by atoms with Crippen molar-refractivity contribution < 1.29 is 14.5 Å². The lowest BCUT2D eigenvalue weighted by atomic mass is 9.95. The number of imide groups is 1. The van der Waals surface area contributed by atoms with Crippen LogP contribution in [0.2, 0.25) is 0 Å². The predicted octanol–water partition coefficient (Wildman–Crippen LogP) is 4.02. The highest BCUT2D eigenvalue weighted by atomic mass is 16.6. The molecule has 0 radical (unpaired) electrons. The molecule has 3 aromatic carbocycles. The summed E-state index contributed by atoms with van der Waals surface area (Å²) in [6.07, 6.45) is 0. The first-order valence-electron chi connectivity index (χ1n) is 8.87. The molecule has 1 atom stereocenters. The molecule has 1 unspecified atom stereocenters. The molecule has 1 fully saturated rings. The van der Waals surface area contributed by atoms with E-state index in [0.29, 0.717) is 16.9 Å². The molecule has 0 bridgehead atoms. The number of carbonyl (C=O) groups excluding carboxylic acids is 2. The Kier molecular flexibility index (Phi) is 4.70. The van der Waals surface area contributed by atoms with Crippen molar-refractivity contribution >= 4 is 34.6 Å². The van der Waals surface area contributed by atoms with Gasteiger partial charge in [0.2, 0.25) is 5.91 Å². The number of nitro groups is 1. The number of para-hydroxylation sites is 2. The van der Waals surface area contributed by atoms with Gasteiger partial charge in [-0.1, -0.05) is 48.5 Å². The number of carbonyl (C=O) groups is 2. The highest BCUT2D eigenvalue weighted by molar-refractivity contribution is 6.59. The fraction of sp³-hybridized carbons (Fsp3) is 0.0455. The van der Waals surface area contributed by atoms with E-state index in [2.05, 4.69) is 4.99 Å². The number of nitrogens with zero attached hydrogens (tertiary/aromatic N) is 3. The van der Waals surface area contributed by atoms with E-state index in [1.54, 1.807) is 54.6 Å². The second kappa shape index (κ2) is 7.47. The van der Waals surface area contributed by atoms with Gasteiger partial charge in [-0.25, -0.2) is 9.89 Å². The number of benzene rings is 3. The zero-order valence-electron chi connectivity index (χ0n) is 15.1. The Morgan fingerprint density at radius 3 is 2.00 bits per heavy atom. The number of non-ortho nitro benzene ring substituents is 1. The molecule has 1 aliphatic heterocycles. The molecule has 1 saturated heterocycles. The van der Waals surface area contributed by atoms with Gasteiger partial charge >= 0.3 is 0 Å². The summed E-state index contributed by atoms with van der Waals surface area (Å²) < 4.78 is 0. The van der Waals surface area contributed by atoms with Gasteiger partial charge in [0, 0.05) is 12.1 Å². The van der Waals surface area contributed by atoms with Crippen LogP contribution < -0.4 is 4.90 Å². The van der Waals surface area contributed by atoms with Crippen molar-refractivity contribution in [3.8, 4) is 0 Å². The van der Waals surface area contributed by atoms with Crippen molar-refractivity contribution in [2.75, 3.05) is 4.90 Å². The van der Waals surface area contributed by atoms with Crippen LogP contribution in [0, 0.1) is 10.1 Å². The van der Waals surface area contributed by atoms with Crippen LogP contribution in [-0.2, 0) is 9.59 Å². The van der Waals surface area contributed by atoms with E-state index < -0.39 is 22.7 Å². The number of aliphatic imine (C=N–C) groups is 1. The Morgan fingerprint density at radius 1 is 0.828 bits per heavy atom. The average Bonchev–Trinajstić information content (AvgIpc) is 2.99. The summed E-state index contributed by atoms with van der Waals surface area (Å²) >= 11 is 0. The summed E-state index contributed by atoms with van der Waals surface area (Å²) in [6, 6.07) is 23.1.